The molecular formula is C25H40N4O6. The van der Waals surface area contributed by atoms with Crippen LogP contribution >= 0.6 is 0 Å². The van der Waals surface area contributed by atoms with Crippen LogP contribution in [0.1, 0.15) is 56.6 Å². The zero-order valence-electron chi connectivity index (χ0n) is 20.4. The van der Waals surface area contributed by atoms with E-state index in [1.54, 1.807) is 0 Å². The van der Waals surface area contributed by atoms with Gasteiger partial charge >= 0.3 is 5.97 Å². The van der Waals surface area contributed by atoms with Gasteiger partial charge in [0, 0.05) is 39.0 Å². The number of hydrogen-bond acceptors (Lipinski definition) is 7. The first-order chi connectivity index (χ1) is 16.9. The highest BCUT2D eigenvalue weighted by atomic mass is 16.5. The van der Waals surface area contributed by atoms with Crippen LogP contribution in [0.25, 0.3) is 0 Å². The zero-order valence-corrected chi connectivity index (χ0v) is 20.4. The number of aliphatic carboxylic acids is 1. The number of carboxylic acid groups (broad SMARTS) is 1. The van der Waals surface area contributed by atoms with Crippen molar-refractivity contribution >= 4 is 17.8 Å². The Morgan fingerprint density at radius 1 is 1.00 bits per heavy atom. The first-order valence-electron chi connectivity index (χ1n) is 12.4. The van der Waals surface area contributed by atoms with Crippen molar-refractivity contribution in [1.29, 1.82) is 0 Å². The summed E-state index contributed by atoms with van der Waals surface area (Å²) in [5, 5.41) is 25.5. The van der Waals surface area contributed by atoms with Gasteiger partial charge in [-0.1, -0.05) is 30.3 Å². The minimum atomic E-state index is -1.01. The van der Waals surface area contributed by atoms with Crippen LogP contribution in [-0.4, -0.2) is 84.4 Å². The quantitative estimate of drug-likeness (QED) is 0.212. The number of carbonyl (C=O) groups excluding carboxylic acids is 2. The summed E-state index contributed by atoms with van der Waals surface area (Å²) in [6.07, 6.45) is 2.62. The van der Waals surface area contributed by atoms with Gasteiger partial charge in [0.2, 0.25) is 11.8 Å². The number of rotatable bonds is 16. The smallest absolute Gasteiger partial charge is 0.320 e. The summed E-state index contributed by atoms with van der Waals surface area (Å²) in [5.41, 5.74) is 6.20. The Labute approximate surface area is 207 Å². The van der Waals surface area contributed by atoms with Crippen LogP contribution in [0.3, 0.4) is 0 Å². The van der Waals surface area contributed by atoms with Crippen molar-refractivity contribution in [3.63, 3.8) is 0 Å². The van der Waals surface area contributed by atoms with E-state index in [1.165, 1.54) is 0 Å². The number of aliphatic hydroxyl groups is 1. The molecular weight excluding hydrogens is 452 g/mol. The number of nitrogens with two attached hydrogens (primary N) is 1. The molecule has 1 aromatic carbocycles. The molecule has 0 bridgehead atoms. The normalized spacial score (nSPS) is 16.7. The van der Waals surface area contributed by atoms with E-state index in [1.807, 2.05) is 30.3 Å². The molecule has 1 aromatic rings. The van der Waals surface area contributed by atoms with E-state index in [0.29, 0.717) is 64.8 Å². The van der Waals surface area contributed by atoms with Gasteiger partial charge in [0.05, 0.1) is 19.3 Å². The van der Waals surface area contributed by atoms with Crippen LogP contribution in [0, 0.1) is 0 Å². The Kier molecular flexibility index (Phi) is 13.3. The van der Waals surface area contributed by atoms with E-state index in [2.05, 4.69) is 15.5 Å². The Morgan fingerprint density at radius 2 is 1.66 bits per heavy atom. The molecule has 2 amide bonds. The van der Waals surface area contributed by atoms with E-state index in [0.717, 1.165) is 18.7 Å². The average molecular weight is 493 g/mol. The first-order valence-corrected chi connectivity index (χ1v) is 12.4. The van der Waals surface area contributed by atoms with Crippen molar-refractivity contribution in [2.24, 2.45) is 5.73 Å². The number of nitrogens with one attached hydrogen (secondary N) is 2. The zero-order chi connectivity index (χ0) is 25.5. The van der Waals surface area contributed by atoms with Gasteiger partial charge in [-0.25, -0.2) is 0 Å². The van der Waals surface area contributed by atoms with Crippen molar-refractivity contribution in [2.75, 3.05) is 39.4 Å². The van der Waals surface area contributed by atoms with Gasteiger partial charge in [-0.3, -0.25) is 19.3 Å². The molecule has 0 radical (unpaired) electrons. The maximum atomic E-state index is 12.6. The number of nitrogens with zero attached hydrogens (tertiary/aromatic N) is 1. The number of carbonyl (C=O) groups is 3. The van der Waals surface area contributed by atoms with Crippen molar-refractivity contribution < 1.29 is 29.3 Å². The lowest BCUT2D eigenvalue weighted by Gasteiger charge is -2.33. The standard InChI is InChI=1S/C25H40N4O6/c26-20(25(33)34)10-6-7-13-27-22(30)11-4-5-12-23(31)28-21(18-29-14-16-35-17-15-29)24(32)19-8-2-1-3-9-19/h1-3,8-9,20-21,24,32H,4-7,10-18,26H2,(H,27,30)(H,28,31)(H,33,34)/t20?,21-,24-/m0/s1. The number of hydrogen-bond donors (Lipinski definition) is 5. The molecule has 10 heteroatoms. The van der Waals surface area contributed by atoms with Gasteiger partial charge < -0.3 is 31.3 Å². The van der Waals surface area contributed by atoms with Gasteiger partial charge in [-0.2, -0.15) is 0 Å². The van der Waals surface area contributed by atoms with E-state index >= 15 is 0 Å². The fourth-order valence-corrected chi connectivity index (χ4v) is 3.95. The lowest BCUT2D eigenvalue weighted by atomic mass is 10.0. The highest BCUT2D eigenvalue weighted by molar-refractivity contribution is 5.77. The maximum absolute atomic E-state index is 12.6. The summed E-state index contributed by atoms with van der Waals surface area (Å²) >= 11 is 0. The molecule has 0 spiro atoms. The number of ether oxygens (including phenoxy) is 1. The molecule has 3 atom stereocenters. The van der Waals surface area contributed by atoms with Gasteiger partial charge in [0.15, 0.2) is 0 Å². The fraction of sp³-hybridized carbons (Fsp3) is 0.640. The molecule has 35 heavy (non-hydrogen) atoms. The van der Waals surface area contributed by atoms with Crippen LogP contribution < -0.4 is 16.4 Å². The minimum absolute atomic E-state index is 0.0855. The third-order valence-corrected chi connectivity index (χ3v) is 6.07. The van der Waals surface area contributed by atoms with Crippen molar-refractivity contribution in [2.45, 2.75) is 63.1 Å². The molecule has 1 fully saturated rings. The van der Waals surface area contributed by atoms with Crippen molar-refractivity contribution in [3.8, 4) is 0 Å². The maximum Gasteiger partial charge on any atom is 0.320 e. The number of carboxylic acids is 1. The van der Waals surface area contributed by atoms with Crippen LogP contribution in [0.2, 0.25) is 0 Å². The van der Waals surface area contributed by atoms with Gasteiger partial charge in [0.1, 0.15) is 12.1 Å². The topological polar surface area (TPSA) is 154 Å². The third kappa shape index (κ3) is 11.6. The SMILES string of the molecule is NC(CCCCNC(=O)CCCCC(=O)N[C@@H](CN1CCOCC1)[C@@H](O)c1ccccc1)C(=O)O. The van der Waals surface area contributed by atoms with Crippen LogP contribution in [0.4, 0.5) is 0 Å². The lowest BCUT2D eigenvalue weighted by Crippen LogP contribution is -2.49. The van der Waals surface area contributed by atoms with E-state index in [9.17, 15) is 19.5 Å². The molecule has 10 nitrogen and oxygen atoms in total. The monoisotopic (exact) mass is 492 g/mol. The van der Waals surface area contributed by atoms with Crippen LogP contribution in [-0.2, 0) is 19.1 Å². The number of amides is 2. The number of unbranched alkanes of at least 4 members (excludes halogenated alkanes) is 2. The molecule has 1 heterocycles. The highest BCUT2D eigenvalue weighted by Crippen LogP contribution is 2.18. The molecule has 6 N–H and O–H groups in total. The molecule has 0 saturated carbocycles. The minimum Gasteiger partial charge on any atom is -0.480 e. The average Bonchev–Trinajstić information content (AvgIpc) is 2.86. The van der Waals surface area contributed by atoms with Crippen molar-refractivity contribution in [3.05, 3.63) is 35.9 Å². The lowest BCUT2D eigenvalue weighted by molar-refractivity contribution is -0.138. The van der Waals surface area contributed by atoms with E-state index < -0.39 is 24.2 Å². The Balaban J connectivity index is 1.68. The molecule has 1 aliphatic heterocycles. The summed E-state index contributed by atoms with van der Waals surface area (Å²) in [6, 6.07) is 8.01. The Morgan fingerprint density at radius 3 is 2.31 bits per heavy atom. The molecule has 2 rings (SSSR count). The Hall–Kier alpha value is -2.53. The highest BCUT2D eigenvalue weighted by Gasteiger charge is 2.26. The Bertz CT molecular complexity index is 772. The summed E-state index contributed by atoms with van der Waals surface area (Å²) in [7, 11) is 0. The number of aliphatic hydroxyl groups excluding tert-OH is 1. The molecule has 196 valence electrons. The van der Waals surface area contributed by atoms with Gasteiger partial charge in [-0.05, 0) is 37.7 Å². The van der Waals surface area contributed by atoms with E-state index in [-0.39, 0.29) is 18.2 Å². The summed E-state index contributed by atoms with van der Waals surface area (Å²) in [5.74, 6) is -1.24. The second-order valence-electron chi connectivity index (χ2n) is 8.94. The van der Waals surface area contributed by atoms with Gasteiger partial charge in [0.25, 0.3) is 0 Å². The summed E-state index contributed by atoms with van der Waals surface area (Å²) in [4.78, 5) is 37.4. The van der Waals surface area contributed by atoms with Gasteiger partial charge in [-0.15, -0.1) is 0 Å². The fourth-order valence-electron chi connectivity index (χ4n) is 3.95. The predicted molar refractivity (Wildman–Crippen MR) is 132 cm³/mol. The van der Waals surface area contributed by atoms with Crippen LogP contribution in [0.5, 0.6) is 0 Å². The largest absolute Gasteiger partial charge is 0.480 e. The third-order valence-electron chi connectivity index (χ3n) is 6.07. The second-order valence-corrected chi connectivity index (χ2v) is 8.94. The molecule has 0 aliphatic carbocycles. The first kappa shape index (κ1) is 28.7. The molecule has 1 saturated heterocycles. The summed E-state index contributed by atoms with van der Waals surface area (Å²) < 4.78 is 5.40. The van der Waals surface area contributed by atoms with Crippen LogP contribution in [0.15, 0.2) is 30.3 Å². The molecule has 0 aromatic heterocycles. The number of morpholine rings is 1. The second kappa shape index (κ2) is 16.2. The van der Waals surface area contributed by atoms with Crippen molar-refractivity contribution in [1.82, 2.24) is 15.5 Å². The molecule has 1 unspecified atom stereocenters. The summed E-state index contributed by atoms with van der Waals surface area (Å²) in [6.45, 7) is 3.81. The van der Waals surface area contributed by atoms with E-state index in [4.69, 9.17) is 15.6 Å². The predicted octanol–water partition coefficient (Wildman–Crippen LogP) is 0.796. The molecule has 1 aliphatic rings. The number of benzene rings is 1.